The number of aromatic nitrogens is 2. The van der Waals surface area contributed by atoms with Gasteiger partial charge >= 0.3 is 5.69 Å². The summed E-state index contributed by atoms with van der Waals surface area (Å²) in [6, 6.07) is 0.132. The highest BCUT2D eigenvalue weighted by atomic mass is 16.2. The summed E-state index contributed by atoms with van der Waals surface area (Å²) in [5, 5.41) is 3.09. The number of anilines is 2. The molecule has 1 aromatic rings. The summed E-state index contributed by atoms with van der Waals surface area (Å²) in [6.45, 7) is 6.57. The summed E-state index contributed by atoms with van der Waals surface area (Å²) in [5.74, 6) is 0.238. The van der Waals surface area contributed by atoms with Gasteiger partial charge in [-0.2, -0.15) is 0 Å². The molecule has 0 saturated carbocycles. The van der Waals surface area contributed by atoms with Crippen LogP contribution >= 0.6 is 0 Å². The van der Waals surface area contributed by atoms with E-state index in [2.05, 4.69) is 5.32 Å². The molecule has 1 rings (SSSR count). The van der Waals surface area contributed by atoms with Gasteiger partial charge in [-0.1, -0.05) is 20.3 Å². The first-order chi connectivity index (χ1) is 8.93. The molecule has 1 unspecified atom stereocenters. The van der Waals surface area contributed by atoms with Gasteiger partial charge in [-0.25, -0.2) is 4.79 Å². The first kappa shape index (κ1) is 15.3. The van der Waals surface area contributed by atoms with Gasteiger partial charge in [-0.15, -0.1) is 0 Å². The zero-order valence-electron chi connectivity index (χ0n) is 12.2. The fourth-order valence-electron chi connectivity index (χ4n) is 1.80. The topological polar surface area (TPSA) is 82.0 Å². The summed E-state index contributed by atoms with van der Waals surface area (Å²) in [6.07, 6.45) is 2.69. The Balaban J connectivity index is 3.34. The second-order valence-corrected chi connectivity index (χ2v) is 4.87. The van der Waals surface area contributed by atoms with Crippen LogP contribution in [-0.4, -0.2) is 15.2 Å². The second kappa shape index (κ2) is 6.45. The lowest BCUT2D eigenvalue weighted by atomic mass is 10.2. The fraction of sp³-hybridized carbons (Fsp3) is 0.692. The lowest BCUT2D eigenvalue weighted by Crippen LogP contribution is -2.41. The van der Waals surface area contributed by atoms with Gasteiger partial charge < -0.3 is 11.1 Å². The van der Waals surface area contributed by atoms with Crippen LogP contribution in [0.15, 0.2) is 9.59 Å². The second-order valence-electron chi connectivity index (χ2n) is 4.87. The van der Waals surface area contributed by atoms with E-state index in [0.717, 1.165) is 23.8 Å². The standard InChI is InChI=1S/C13H24N4O2/c1-5-7-8-17-11(14)10(15-9(3)6-2)12(18)16(4)13(17)19/h9,15H,5-8,14H2,1-4H3. The molecule has 6 nitrogen and oxygen atoms in total. The Morgan fingerprint density at radius 2 is 1.95 bits per heavy atom. The van der Waals surface area contributed by atoms with Crippen molar-refractivity contribution < 1.29 is 0 Å². The molecular weight excluding hydrogens is 244 g/mol. The number of rotatable bonds is 6. The first-order valence-corrected chi connectivity index (χ1v) is 6.79. The molecule has 108 valence electrons. The average molecular weight is 268 g/mol. The monoisotopic (exact) mass is 268 g/mol. The van der Waals surface area contributed by atoms with E-state index in [1.165, 1.54) is 11.6 Å². The van der Waals surface area contributed by atoms with Gasteiger partial charge in [0.2, 0.25) is 0 Å². The Hall–Kier alpha value is -1.72. The molecule has 0 aliphatic carbocycles. The molecule has 1 aromatic heterocycles. The van der Waals surface area contributed by atoms with Crippen molar-refractivity contribution in [3.8, 4) is 0 Å². The predicted molar refractivity (Wildman–Crippen MR) is 78.6 cm³/mol. The van der Waals surface area contributed by atoms with E-state index in [0.29, 0.717) is 12.2 Å². The third kappa shape index (κ3) is 3.19. The summed E-state index contributed by atoms with van der Waals surface area (Å²) < 4.78 is 2.58. The maximum atomic E-state index is 12.1. The molecule has 0 saturated heterocycles. The van der Waals surface area contributed by atoms with Crippen LogP contribution in [0.25, 0.3) is 0 Å². The smallest absolute Gasteiger partial charge is 0.332 e. The van der Waals surface area contributed by atoms with E-state index in [1.807, 2.05) is 20.8 Å². The molecule has 0 radical (unpaired) electrons. The van der Waals surface area contributed by atoms with Crippen LogP contribution < -0.4 is 22.3 Å². The Morgan fingerprint density at radius 1 is 1.32 bits per heavy atom. The van der Waals surface area contributed by atoms with Gasteiger partial charge in [0.25, 0.3) is 5.56 Å². The normalized spacial score (nSPS) is 12.4. The Labute approximate surface area is 113 Å². The van der Waals surface area contributed by atoms with Crippen LogP contribution in [0.4, 0.5) is 11.5 Å². The minimum Gasteiger partial charge on any atom is -0.383 e. The van der Waals surface area contributed by atoms with Crippen LogP contribution in [0.5, 0.6) is 0 Å². The van der Waals surface area contributed by atoms with Crippen molar-refractivity contribution >= 4 is 11.5 Å². The molecule has 0 amide bonds. The molecular formula is C13H24N4O2. The molecule has 0 aliphatic rings. The van der Waals surface area contributed by atoms with Gasteiger partial charge in [0.15, 0.2) is 0 Å². The number of nitrogens with zero attached hydrogens (tertiary/aromatic N) is 2. The highest BCUT2D eigenvalue weighted by Crippen LogP contribution is 2.13. The minimum absolute atomic E-state index is 0.132. The van der Waals surface area contributed by atoms with Crippen molar-refractivity contribution in [2.45, 2.75) is 52.6 Å². The van der Waals surface area contributed by atoms with Crippen LogP contribution in [0.3, 0.4) is 0 Å². The molecule has 0 spiro atoms. The predicted octanol–water partition coefficient (Wildman–Crippen LogP) is 1.14. The lowest BCUT2D eigenvalue weighted by molar-refractivity contribution is 0.574. The molecule has 0 bridgehead atoms. The average Bonchev–Trinajstić information content (AvgIpc) is 2.41. The van der Waals surface area contributed by atoms with Crippen molar-refractivity contribution in [1.29, 1.82) is 0 Å². The van der Waals surface area contributed by atoms with Crippen LogP contribution in [0.2, 0.25) is 0 Å². The van der Waals surface area contributed by atoms with Gasteiger partial charge in [-0.05, 0) is 19.8 Å². The fourth-order valence-corrected chi connectivity index (χ4v) is 1.80. The van der Waals surface area contributed by atoms with E-state index >= 15 is 0 Å². The Morgan fingerprint density at radius 3 is 2.47 bits per heavy atom. The molecule has 0 fully saturated rings. The summed E-state index contributed by atoms with van der Waals surface area (Å²) >= 11 is 0. The molecule has 1 atom stereocenters. The maximum Gasteiger partial charge on any atom is 0.332 e. The summed E-state index contributed by atoms with van der Waals surface area (Å²) in [7, 11) is 1.48. The van der Waals surface area contributed by atoms with Gasteiger partial charge in [0.1, 0.15) is 11.5 Å². The highest BCUT2D eigenvalue weighted by molar-refractivity contribution is 5.61. The highest BCUT2D eigenvalue weighted by Gasteiger charge is 2.15. The van der Waals surface area contributed by atoms with Gasteiger partial charge in [0, 0.05) is 19.6 Å². The van der Waals surface area contributed by atoms with E-state index in [-0.39, 0.29) is 23.1 Å². The maximum absolute atomic E-state index is 12.1. The van der Waals surface area contributed by atoms with Gasteiger partial charge in [0.05, 0.1) is 0 Å². The molecule has 0 aromatic carbocycles. The van der Waals surface area contributed by atoms with E-state index < -0.39 is 0 Å². The SMILES string of the molecule is CCCCn1c(N)c(NC(C)CC)c(=O)n(C)c1=O. The zero-order valence-corrected chi connectivity index (χ0v) is 12.2. The number of hydrogen-bond acceptors (Lipinski definition) is 4. The molecule has 0 aliphatic heterocycles. The van der Waals surface area contributed by atoms with E-state index in [9.17, 15) is 9.59 Å². The third-order valence-electron chi connectivity index (χ3n) is 3.32. The number of nitrogen functional groups attached to an aromatic ring is 1. The quantitative estimate of drug-likeness (QED) is 0.810. The summed E-state index contributed by atoms with van der Waals surface area (Å²) in [4.78, 5) is 24.1. The first-order valence-electron chi connectivity index (χ1n) is 6.79. The zero-order chi connectivity index (χ0) is 14.6. The molecule has 1 heterocycles. The number of hydrogen-bond donors (Lipinski definition) is 2. The van der Waals surface area contributed by atoms with E-state index in [4.69, 9.17) is 5.73 Å². The molecule has 6 heteroatoms. The third-order valence-corrected chi connectivity index (χ3v) is 3.32. The molecule has 19 heavy (non-hydrogen) atoms. The summed E-state index contributed by atoms with van der Waals surface area (Å²) in [5.41, 5.74) is 5.59. The van der Waals surface area contributed by atoms with Crippen molar-refractivity contribution in [2.24, 2.45) is 7.05 Å². The van der Waals surface area contributed by atoms with Crippen LogP contribution in [-0.2, 0) is 13.6 Å². The van der Waals surface area contributed by atoms with Crippen molar-refractivity contribution in [2.75, 3.05) is 11.1 Å². The van der Waals surface area contributed by atoms with Crippen molar-refractivity contribution in [3.63, 3.8) is 0 Å². The molecule has 3 N–H and O–H groups in total. The minimum atomic E-state index is -0.365. The van der Waals surface area contributed by atoms with E-state index in [1.54, 1.807) is 0 Å². The van der Waals surface area contributed by atoms with Gasteiger partial charge in [-0.3, -0.25) is 13.9 Å². The van der Waals surface area contributed by atoms with Crippen molar-refractivity contribution in [1.82, 2.24) is 9.13 Å². The number of unbranched alkanes of at least 4 members (excludes halogenated alkanes) is 1. The largest absolute Gasteiger partial charge is 0.383 e. The van der Waals surface area contributed by atoms with Crippen LogP contribution in [0.1, 0.15) is 40.0 Å². The van der Waals surface area contributed by atoms with Crippen molar-refractivity contribution in [3.05, 3.63) is 20.8 Å². The van der Waals surface area contributed by atoms with Crippen LogP contribution in [0, 0.1) is 0 Å². The Bertz CT molecular complexity index is 545. The number of nitrogens with one attached hydrogen (secondary N) is 1. The Kier molecular flexibility index (Phi) is 5.20. The lowest BCUT2D eigenvalue weighted by Gasteiger charge is -2.18. The number of nitrogens with two attached hydrogens (primary N) is 1.